The third kappa shape index (κ3) is 14.1. The average Bonchev–Trinajstić information content (AvgIpc) is 2.84. The molecule has 0 unspecified atom stereocenters. The van der Waals surface area contributed by atoms with Crippen molar-refractivity contribution in [3.05, 3.63) is 85.2 Å². The van der Waals surface area contributed by atoms with Gasteiger partial charge >= 0.3 is 17.5 Å². The van der Waals surface area contributed by atoms with Crippen molar-refractivity contribution in [2.45, 2.75) is 26.7 Å². The number of aromatic nitrogens is 2. The molecule has 0 bridgehead atoms. The molecular weight excluding hydrogens is 656 g/mol. The highest BCUT2D eigenvalue weighted by Gasteiger charge is 2.05. The van der Waals surface area contributed by atoms with Crippen LogP contribution in [0.25, 0.3) is 21.8 Å². The number of hydrogen-bond donors (Lipinski definition) is 1. The van der Waals surface area contributed by atoms with E-state index in [0.717, 1.165) is 50.8 Å². The van der Waals surface area contributed by atoms with Gasteiger partial charge in [-0.05, 0) is 88.5 Å². The minimum atomic E-state index is -3.22. The number of pyridine rings is 2. The van der Waals surface area contributed by atoms with Gasteiger partial charge in [0.25, 0.3) is 5.56 Å². The lowest BCUT2D eigenvalue weighted by Gasteiger charge is -2.04. The fourth-order valence-electron chi connectivity index (χ4n) is 2.92. The first kappa shape index (κ1) is 36.8. The van der Waals surface area contributed by atoms with E-state index in [4.69, 9.17) is 54.0 Å². The summed E-state index contributed by atoms with van der Waals surface area (Å²) in [6.07, 6.45) is 2.09. The molecule has 0 spiro atoms. The van der Waals surface area contributed by atoms with E-state index in [9.17, 15) is 9.36 Å². The molecule has 2 aromatic carbocycles. The van der Waals surface area contributed by atoms with E-state index in [1.54, 1.807) is 0 Å². The molecule has 4 aromatic rings. The van der Waals surface area contributed by atoms with Crippen LogP contribution >= 0.6 is 73.7 Å². The lowest BCUT2D eigenvalue weighted by molar-refractivity contribution is -0.193. The summed E-state index contributed by atoms with van der Waals surface area (Å²) in [5.41, 5.74) is 3.42. The molecule has 1 N–H and O–H groups in total. The molecule has 0 saturated heterocycles. The molecule has 0 aliphatic carbocycles. The third-order valence-corrected chi connectivity index (χ3v) is 5.49. The van der Waals surface area contributed by atoms with Crippen LogP contribution in [0.15, 0.2) is 53.3 Å². The van der Waals surface area contributed by atoms with Crippen LogP contribution in [-0.2, 0) is 36.6 Å². The van der Waals surface area contributed by atoms with Gasteiger partial charge in [0.2, 0.25) is 0 Å². The van der Waals surface area contributed by atoms with Crippen LogP contribution in [0.4, 0.5) is 0 Å². The van der Waals surface area contributed by atoms with Crippen LogP contribution in [0.3, 0.4) is 0 Å². The van der Waals surface area contributed by atoms with E-state index in [0.29, 0.717) is 10.2 Å². The maximum Gasteiger partial charge on any atom is 0.373 e. The van der Waals surface area contributed by atoms with Crippen molar-refractivity contribution in [2.75, 3.05) is 0 Å². The zero-order chi connectivity index (χ0) is 30.2. The van der Waals surface area contributed by atoms with Gasteiger partial charge in [-0.25, -0.2) is 4.98 Å². The fourth-order valence-corrected chi connectivity index (χ4v) is 3.66. The van der Waals surface area contributed by atoms with E-state index in [1.807, 2.05) is 62.4 Å². The minimum Gasteiger partial charge on any atom is -0.322 e. The van der Waals surface area contributed by atoms with Gasteiger partial charge in [0.05, 0.1) is 5.52 Å². The number of nitrogens with one attached hydrogen (secondary N) is 1. The second-order valence-corrected chi connectivity index (χ2v) is 14.7. The first-order valence-electron chi connectivity index (χ1n) is 10.5. The average molecular weight is 675 g/mol. The molecule has 208 valence electrons. The van der Waals surface area contributed by atoms with E-state index in [-0.39, 0.29) is 17.9 Å². The van der Waals surface area contributed by atoms with Crippen LogP contribution in [-0.4, -0.2) is 22.3 Å². The lowest BCUT2D eigenvalue weighted by atomic mass is 10.1. The summed E-state index contributed by atoms with van der Waals surface area (Å²) in [5.74, 6) is 0. The van der Waals surface area contributed by atoms with Gasteiger partial charge in [-0.2, -0.15) is 19.2 Å². The first-order valence-corrected chi connectivity index (χ1v) is 16.0. The van der Waals surface area contributed by atoms with E-state index >= 15 is 0 Å². The van der Waals surface area contributed by atoms with Crippen LogP contribution in [0.5, 0.6) is 0 Å². The van der Waals surface area contributed by atoms with E-state index in [1.165, 1.54) is 0 Å². The molecule has 0 atom stereocenters. The Bertz CT molecular complexity index is 1540. The number of aryl methyl sites for hydroxylation is 2. The number of carbonyl (C=O) groups excluding carboxylic acids is 4. The Balaban J connectivity index is 0.000000543. The van der Waals surface area contributed by atoms with Gasteiger partial charge in [-0.3, -0.25) is 9.36 Å². The normalized spacial score (nSPS) is 9.64. The highest BCUT2D eigenvalue weighted by atomic mass is 36.0. The van der Waals surface area contributed by atoms with Crippen LogP contribution in [0, 0.1) is 0 Å². The van der Waals surface area contributed by atoms with E-state index < -0.39 is 5.20 Å². The molecule has 4 rings (SSSR count). The first-order chi connectivity index (χ1) is 18.3. The van der Waals surface area contributed by atoms with Crippen molar-refractivity contribution in [3.8, 4) is 0 Å². The molecule has 0 radical (unpaired) electrons. The summed E-state index contributed by atoms with van der Waals surface area (Å²) in [6.45, 7) is 4.00. The van der Waals surface area contributed by atoms with Gasteiger partial charge in [0.15, 0.2) is 0 Å². The maximum absolute atomic E-state index is 11.5. The number of rotatable bonds is 2. The number of H-pyrrole nitrogens is 1. The summed E-state index contributed by atoms with van der Waals surface area (Å²) in [7, 11) is 0. The van der Waals surface area contributed by atoms with Gasteiger partial charge in [0, 0.05) is 31.9 Å². The van der Waals surface area contributed by atoms with Crippen molar-refractivity contribution in [1.82, 2.24) is 9.97 Å². The van der Waals surface area contributed by atoms with Crippen molar-refractivity contribution in [3.63, 3.8) is 0 Å². The topological polar surface area (TPSA) is 131 Å². The summed E-state index contributed by atoms with van der Waals surface area (Å²) in [4.78, 5) is 51.1. The Morgan fingerprint density at radius 2 is 1.23 bits per heavy atom. The van der Waals surface area contributed by atoms with Gasteiger partial charge in [0.1, 0.15) is 5.15 Å². The monoisotopic (exact) mass is 672 g/mol. The quantitative estimate of drug-likeness (QED) is 0.167. The van der Waals surface area contributed by atoms with Crippen molar-refractivity contribution >= 4 is 108 Å². The molecule has 2 heterocycles. The molecule has 2 aromatic heterocycles. The molecule has 0 amide bonds. The largest absolute Gasteiger partial charge is 0.373 e. The summed E-state index contributed by atoms with van der Waals surface area (Å²) in [5, 5.41) is 0.623. The molecule has 15 heteroatoms. The summed E-state index contributed by atoms with van der Waals surface area (Å²) < 4.78 is 9.51. The molecule has 0 saturated carbocycles. The highest BCUT2D eigenvalue weighted by Crippen LogP contribution is 2.61. The van der Waals surface area contributed by atoms with Gasteiger partial charge < -0.3 is 4.98 Å². The predicted molar refractivity (Wildman–Crippen MR) is 155 cm³/mol. The third-order valence-electron chi connectivity index (χ3n) is 4.51. The summed E-state index contributed by atoms with van der Waals surface area (Å²) in [6, 6.07) is 15.0. The molecule has 39 heavy (non-hydrogen) atoms. The Kier molecular flexibility index (Phi) is 17.9. The van der Waals surface area contributed by atoms with Gasteiger partial charge in [-0.1, -0.05) is 60.8 Å². The summed E-state index contributed by atoms with van der Waals surface area (Å²) >= 11 is 31.9. The number of nitrogens with zero attached hydrogens (tertiary/aromatic N) is 1. The second-order valence-electron chi connectivity index (χ2n) is 6.84. The fraction of sp³-hybridized carbons (Fsp3) is 0.167. The van der Waals surface area contributed by atoms with Crippen LogP contribution < -0.4 is 5.56 Å². The van der Waals surface area contributed by atoms with Crippen LogP contribution in [0.1, 0.15) is 25.0 Å². The molecule has 0 aliphatic heterocycles. The number of aromatic amines is 1. The number of halogens is 6. The Labute approximate surface area is 252 Å². The number of benzene rings is 2. The maximum atomic E-state index is 11.5. The predicted octanol–water partition coefficient (Wildman–Crippen LogP) is 8.49. The minimum absolute atomic E-state index is 0.0257. The van der Waals surface area contributed by atoms with Crippen molar-refractivity contribution in [1.29, 1.82) is 0 Å². The molecular formula is C24H19Cl6N2O6P. The Morgan fingerprint density at radius 3 is 1.72 bits per heavy atom. The van der Waals surface area contributed by atoms with Crippen LogP contribution in [0.2, 0.25) is 15.2 Å². The second kappa shape index (κ2) is 19.0. The van der Waals surface area contributed by atoms with Crippen molar-refractivity contribution in [2.24, 2.45) is 0 Å². The zero-order valence-corrected chi connectivity index (χ0v) is 25.6. The van der Waals surface area contributed by atoms with Gasteiger partial charge in [-0.15, -0.1) is 0 Å². The smallest absolute Gasteiger partial charge is 0.322 e. The number of fused-ring (bicyclic) bond motifs is 2. The molecule has 0 aliphatic rings. The van der Waals surface area contributed by atoms with E-state index in [2.05, 4.69) is 43.7 Å². The lowest BCUT2D eigenvalue weighted by Crippen LogP contribution is -2.11. The number of hydrogen-bond acceptors (Lipinski definition) is 7. The zero-order valence-electron chi connectivity index (χ0n) is 20.1. The Hall–Kier alpha value is -2.21. The molecule has 8 nitrogen and oxygen atoms in total. The van der Waals surface area contributed by atoms with Crippen molar-refractivity contribution < 1.29 is 23.7 Å². The highest BCUT2D eigenvalue weighted by molar-refractivity contribution is 8.24. The Morgan fingerprint density at radius 1 is 0.795 bits per heavy atom. The molecule has 0 fully saturated rings. The standard InChI is InChI=1S/C11H9Cl2N.C11H10ClNO.2CO2.Cl3OP/c1-2-7-6-8-9(12)4-3-5-10(8)14-11(7)13;1-2-7-6-8-9(12)4-3-5-10(8)13-11(7)14;2*2-1-3;1-5(2,3)4/h3-6H,2H2,1H3;3-6H,2H2,1H3,(H,13,14);;;. The SMILES string of the molecule is CCc1cc2c(Cl)cccc2[nH]c1=O.CCc1cc2c(Cl)cccc2nc1Cl.O=C=O.O=C=O.O=P(Cl)(Cl)Cl.